The molecule has 1 fully saturated rings. The Morgan fingerprint density at radius 3 is 2.59 bits per heavy atom. The molecule has 0 saturated heterocycles. The summed E-state index contributed by atoms with van der Waals surface area (Å²) in [4.78, 5) is 20.9. The maximum atomic E-state index is 13.6. The molecule has 1 amide bonds. The second-order valence-electron chi connectivity index (χ2n) is 9.15. The topological polar surface area (TPSA) is 91.1 Å². The third kappa shape index (κ3) is 3.01. The van der Waals surface area contributed by atoms with Crippen LogP contribution in [-0.4, -0.2) is 30.1 Å². The SMILES string of the molecule is NC(=O)C1CCC2(CC1)Cc1nc(-c3ccc(F)cc3)c(-c3ccc4ncnn4c3)n1C2. The van der Waals surface area contributed by atoms with Gasteiger partial charge < -0.3 is 10.3 Å². The van der Waals surface area contributed by atoms with Crippen molar-refractivity contribution in [2.45, 2.75) is 38.6 Å². The van der Waals surface area contributed by atoms with E-state index in [2.05, 4.69) is 14.6 Å². The first kappa shape index (κ1) is 19.2. The van der Waals surface area contributed by atoms with Gasteiger partial charge in [0.1, 0.15) is 18.0 Å². The van der Waals surface area contributed by atoms with Gasteiger partial charge in [-0.15, -0.1) is 0 Å². The number of rotatable bonds is 3. The summed E-state index contributed by atoms with van der Waals surface area (Å²) < 4.78 is 17.6. The van der Waals surface area contributed by atoms with E-state index in [-0.39, 0.29) is 23.1 Å². The summed E-state index contributed by atoms with van der Waals surface area (Å²) >= 11 is 0. The van der Waals surface area contributed by atoms with E-state index in [0.29, 0.717) is 0 Å². The fourth-order valence-corrected chi connectivity index (χ4v) is 5.44. The molecule has 8 heteroatoms. The molecule has 2 aliphatic rings. The lowest BCUT2D eigenvalue weighted by Gasteiger charge is -2.35. The van der Waals surface area contributed by atoms with Crippen LogP contribution in [0, 0.1) is 17.2 Å². The molecule has 3 aromatic heterocycles. The Morgan fingerprint density at radius 1 is 1.09 bits per heavy atom. The van der Waals surface area contributed by atoms with Crippen molar-refractivity contribution in [2.24, 2.45) is 17.1 Å². The standard InChI is InChI=1S/C24H23FN6O/c25-18-4-1-15(2-5-18)21-22(17-3-6-19-27-14-28-31(19)12-17)30-13-24(11-20(30)29-21)9-7-16(8-10-24)23(26)32/h1-6,12,14,16H,7-11,13H2,(H2,26,32). The zero-order chi connectivity index (χ0) is 21.9. The maximum Gasteiger partial charge on any atom is 0.220 e. The van der Waals surface area contributed by atoms with Gasteiger partial charge in [-0.05, 0) is 67.5 Å². The first-order chi connectivity index (χ1) is 15.5. The number of halogens is 1. The van der Waals surface area contributed by atoms with E-state index in [4.69, 9.17) is 10.7 Å². The third-order valence-electron chi connectivity index (χ3n) is 7.19. The number of nitrogens with zero attached hydrogens (tertiary/aromatic N) is 5. The number of nitrogens with two attached hydrogens (primary N) is 1. The largest absolute Gasteiger partial charge is 0.369 e. The monoisotopic (exact) mass is 430 g/mol. The molecule has 7 nitrogen and oxygen atoms in total. The van der Waals surface area contributed by atoms with E-state index < -0.39 is 0 Å². The molecule has 0 unspecified atom stereocenters. The van der Waals surface area contributed by atoms with Gasteiger partial charge in [-0.3, -0.25) is 4.79 Å². The lowest BCUT2D eigenvalue weighted by Crippen LogP contribution is -2.34. The minimum atomic E-state index is -0.267. The average molecular weight is 430 g/mol. The average Bonchev–Trinajstić information content (AvgIpc) is 3.47. The summed E-state index contributed by atoms with van der Waals surface area (Å²) in [6, 6.07) is 10.5. The lowest BCUT2D eigenvalue weighted by molar-refractivity contribution is -0.123. The number of imidazole rings is 1. The van der Waals surface area contributed by atoms with E-state index in [1.54, 1.807) is 16.6 Å². The van der Waals surface area contributed by atoms with Crippen LogP contribution in [0.3, 0.4) is 0 Å². The van der Waals surface area contributed by atoms with Crippen LogP contribution in [0.2, 0.25) is 0 Å². The highest BCUT2D eigenvalue weighted by atomic mass is 19.1. The highest BCUT2D eigenvalue weighted by Crippen LogP contribution is 2.49. The Labute approximate surface area is 184 Å². The van der Waals surface area contributed by atoms with Crippen LogP contribution in [0.5, 0.6) is 0 Å². The Morgan fingerprint density at radius 2 is 1.84 bits per heavy atom. The molecule has 6 rings (SSSR count). The smallest absolute Gasteiger partial charge is 0.220 e. The molecular weight excluding hydrogens is 407 g/mol. The molecule has 1 saturated carbocycles. The van der Waals surface area contributed by atoms with Crippen molar-refractivity contribution in [1.29, 1.82) is 0 Å². The van der Waals surface area contributed by atoms with E-state index >= 15 is 0 Å². The molecule has 1 aliphatic heterocycles. The molecule has 4 aromatic rings. The van der Waals surface area contributed by atoms with E-state index in [1.165, 1.54) is 18.5 Å². The van der Waals surface area contributed by atoms with Crippen molar-refractivity contribution in [3.63, 3.8) is 0 Å². The van der Waals surface area contributed by atoms with Crippen LogP contribution in [0.1, 0.15) is 31.5 Å². The van der Waals surface area contributed by atoms with E-state index in [0.717, 1.165) is 72.6 Å². The van der Waals surface area contributed by atoms with E-state index in [1.807, 2.05) is 18.3 Å². The highest BCUT2D eigenvalue weighted by molar-refractivity contribution is 5.80. The predicted molar refractivity (Wildman–Crippen MR) is 117 cm³/mol. The summed E-state index contributed by atoms with van der Waals surface area (Å²) in [6.45, 7) is 0.854. The summed E-state index contributed by atoms with van der Waals surface area (Å²) in [7, 11) is 0. The number of fused-ring (bicyclic) bond motifs is 2. The first-order valence-corrected chi connectivity index (χ1v) is 11.0. The van der Waals surface area contributed by atoms with Gasteiger partial charge >= 0.3 is 0 Å². The molecule has 1 aliphatic carbocycles. The fraction of sp³-hybridized carbons (Fsp3) is 0.333. The number of amides is 1. The first-order valence-electron chi connectivity index (χ1n) is 11.0. The number of carbonyl (C=O) groups is 1. The zero-order valence-corrected chi connectivity index (χ0v) is 17.5. The summed E-state index contributed by atoms with van der Waals surface area (Å²) in [5, 5.41) is 4.29. The van der Waals surface area contributed by atoms with Gasteiger partial charge in [0.15, 0.2) is 5.65 Å². The third-order valence-corrected chi connectivity index (χ3v) is 7.19. The summed E-state index contributed by atoms with van der Waals surface area (Å²) in [5.41, 5.74) is 10.2. The minimum absolute atomic E-state index is 0.0162. The molecule has 0 bridgehead atoms. The van der Waals surface area contributed by atoms with Crippen LogP contribution in [0.25, 0.3) is 28.2 Å². The molecule has 0 radical (unpaired) electrons. The molecule has 32 heavy (non-hydrogen) atoms. The number of primary amides is 1. The predicted octanol–water partition coefficient (Wildman–Crippen LogP) is 3.62. The molecule has 0 atom stereocenters. The lowest BCUT2D eigenvalue weighted by atomic mass is 9.69. The van der Waals surface area contributed by atoms with Gasteiger partial charge in [-0.1, -0.05) is 0 Å². The van der Waals surface area contributed by atoms with Gasteiger partial charge in [0.05, 0.1) is 11.4 Å². The number of aromatic nitrogens is 5. The Balaban J connectivity index is 1.44. The van der Waals surface area contributed by atoms with Crippen molar-refractivity contribution >= 4 is 11.6 Å². The van der Waals surface area contributed by atoms with Crippen molar-refractivity contribution in [1.82, 2.24) is 24.1 Å². The van der Waals surface area contributed by atoms with Gasteiger partial charge in [0.25, 0.3) is 0 Å². The molecule has 2 N–H and O–H groups in total. The van der Waals surface area contributed by atoms with Crippen LogP contribution >= 0.6 is 0 Å². The molecular formula is C24H23FN6O. The van der Waals surface area contributed by atoms with Gasteiger partial charge in [0.2, 0.25) is 5.91 Å². The number of hydrogen-bond acceptors (Lipinski definition) is 4. The number of pyridine rings is 1. The number of carbonyl (C=O) groups excluding carboxylic acids is 1. The minimum Gasteiger partial charge on any atom is -0.369 e. The van der Waals surface area contributed by atoms with Gasteiger partial charge in [-0.2, -0.15) is 5.10 Å². The summed E-state index contributed by atoms with van der Waals surface area (Å²) in [5.74, 6) is 0.570. The van der Waals surface area contributed by atoms with Crippen molar-refractivity contribution in [3.05, 3.63) is 60.6 Å². The van der Waals surface area contributed by atoms with Crippen LogP contribution in [-0.2, 0) is 17.8 Å². The Kier molecular flexibility index (Phi) is 4.18. The molecule has 1 aromatic carbocycles. The Bertz CT molecular complexity index is 1330. The van der Waals surface area contributed by atoms with Gasteiger partial charge in [0, 0.05) is 36.2 Å². The fourth-order valence-electron chi connectivity index (χ4n) is 5.44. The second-order valence-corrected chi connectivity index (χ2v) is 9.15. The quantitative estimate of drug-likeness (QED) is 0.537. The second kappa shape index (κ2) is 6.98. The highest BCUT2D eigenvalue weighted by Gasteiger charge is 2.43. The van der Waals surface area contributed by atoms with Crippen LogP contribution < -0.4 is 5.73 Å². The zero-order valence-electron chi connectivity index (χ0n) is 17.5. The van der Waals surface area contributed by atoms with Gasteiger partial charge in [-0.25, -0.2) is 18.9 Å². The van der Waals surface area contributed by atoms with Crippen LogP contribution in [0.15, 0.2) is 48.9 Å². The number of hydrogen-bond donors (Lipinski definition) is 1. The van der Waals surface area contributed by atoms with E-state index in [9.17, 15) is 9.18 Å². The normalized spacial score (nSPS) is 22.5. The van der Waals surface area contributed by atoms with Crippen molar-refractivity contribution < 1.29 is 9.18 Å². The van der Waals surface area contributed by atoms with Crippen molar-refractivity contribution in [2.75, 3.05) is 0 Å². The van der Waals surface area contributed by atoms with Crippen molar-refractivity contribution in [3.8, 4) is 22.5 Å². The molecule has 1 spiro atoms. The molecule has 4 heterocycles. The van der Waals surface area contributed by atoms with Crippen LogP contribution in [0.4, 0.5) is 4.39 Å². The summed E-state index contributed by atoms with van der Waals surface area (Å²) in [6.07, 6.45) is 7.99. The molecule has 162 valence electrons. The number of benzene rings is 1. The Hall–Kier alpha value is -3.55. The maximum absolute atomic E-state index is 13.6.